The normalized spacial score (nSPS) is 9.18. The number of carbonyl (C=O) groups excluding carboxylic acids is 1. The van der Waals surface area contributed by atoms with Crippen molar-refractivity contribution >= 4 is 6.08 Å². The van der Waals surface area contributed by atoms with Gasteiger partial charge in [0.15, 0.2) is 0 Å². The highest BCUT2D eigenvalue weighted by atomic mass is 16.1. The maximum Gasteiger partial charge on any atom is 0.235 e. The Hall–Kier alpha value is -0.620. The number of isocyanates is 1. The number of rotatable bonds is 7. The molecule has 11 heavy (non-hydrogen) atoms. The first-order valence-electron chi connectivity index (χ1n) is 4.30. The molecule has 0 rings (SSSR count). The van der Waals surface area contributed by atoms with E-state index in [2.05, 4.69) is 11.9 Å². The summed E-state index contributed by atoms with van der Waals surface area (Å²) in [6, 6.07) is 0. The van der Waals surface area contributed by atoms with Crippen LogP contribution in [0, 0.1) is 6.54 Å². The molecule has 0 fully saturated rings. The second kappa shape index (κ2) is 9.38. The highest BCUT2D eigenvalue weighted by molar-refractivity contribution is 5.33. The van der Waals surface area contributed by atoms with E-state index >= 15 is 0 Å². The van der Waals surface area contributed by atoms with Crippen LogP contribution >= 0.6 is 0 Å². The van der Waals surface area contributed by atoms with E-state index in [1.807, 2.05) is 0 Å². The average molecular weight is 154 g/mol. The fourth-order valence-corrected chi connectivity index (χ4v) is 0.941. The minimum Gasteiger partial charge on any atom is -0.211 e. The first kappa shape index (κ1) is 10.4. The molecule has 0 aliphatic rings. The van der Waals surface area contributed by atoms with E-state index in [0.717, 1.165) is 12.8 Å². The van der Waals surface area contributed by atoms with E-state index < -0.39 is 0 Å². The molecule has 0 amide bonds. The highest BCUT2D eigenvalue weighted by Gasteiger charge is 1.88. The Morgan fingerprint density at radius 3 is 2.64 bits per heavy atom. The van der Waals surface area contributed by atoms with Gasteiger partial charge in [0.05, 0.1) is 6.54 Å². The number of aliphatic imine (C=N–C) groups is 1. The number of unbranched alkanes of at least 4 members (excludes halogenated alkanes) is 5. The van der Waals surface area contributed by atoms with E-state index in [0.29, 0.717) is 0 Å². The van der Waals surface area contributed by atoms with Gasteiger partial charge in [-0.15, -0.1) is 0 Å². The van der Waals surface area contributed by atoms with Gasteiger partial charge in [0.2, 0.25) is 6.08 Å². The summed E-state index contributed by atoms with van der Waals surface area (Å²) in [6.07, 6.45) is 8.69. The van der Waals surface area contributed by atoms with Gasteiger partial charge in [-0.1, -0.05) is 39.0 Å². The second-order valence-electron chi connectivity index (χ2n) is 2.61. The Morgan fingerprint density at radius 1 is 1.27 bits per heavy atom. The van der Waals surface area contributed by atoms with Gasteiger partial charge in [-0.3, -0.25) is 0 Å². The first-order chi connectivity index (χ1) is 5.41. The van der Waals surface area contributed by atoms with Crippen LogP contribution in [0.3, 0.4) is 0 Å². The Kier molecular flexibility index (Phi) is 8.85. The molecule has 0 saturated carbocycles. The first-order valence-corrected chi connectivity index (χ1v) is 4.30. The summed E-state index contributed by atoms with van der Waals surface area (Å²) in [7, 11) is 0. The quantitative estimate of drug-likeness (QED) is 0.315. The highest BCUT2D eigenvalue weighted by Crippen LogP contribution is 2.05. The Bertz CT molecular complexity index is 117. The van der Waals surface area contributed by atoms with Crippen molar-refractivity contribution in [1.29, 1.82) is 0 Å². The van der Waals surface area contributed by atoms with Crippen molar-refractivity contribution in [2.75, 3.05) is 0 Å². The molecule has 0 N–H and O–H groups in total. The van der Waals surface area contributed by atoms with Gasteiger partial charge in [0, 0.05) is 0 Å². The monoisotopic (exact) mass is 154 g/mol. The van der Waals surface area contributed by atoms with Crippen molar-refractivity contribution in [2.24, 2.45) is 4.99 Å². The predicted molar refractivity (Wildman–Crippen MR) is 45.8 cm³/mol. The third-order valence-corrected chi connectivity index (χ3v) is 1.58. The van der Waals surface area contributed by atoms with Crippen LogP contribution in [0.15, 0.2) is 4.99 Å². The maximum atomic E-state index is 9.62. The van der Waals surface area contributed by atoms with Gasteiger partial charge >= 0.3 is 0 Å². The van der Waals surface area contributed by atoms with E-state index in [9.17, 15) is 4.79 Å². The zero-order chi connectivity index (χ0) is 8.36. The fraction of sp³-hybridized carbons (Fsp3) is 0.778. The molecule has 0 atom stereocenters. The molecule has 0 bridgehead atoms. The second-order valence-corrected chi connectivity index (χ2v) is 2.61. The largest absolute Gasteiger partial charge is 0.235 e. The molecule has 0 aromatic heterocycles. The van der Waals surface area contributed by atoms with Crippen LogP contribution in [0.5, 0.6) is 0 Å². The summed E-state index contributed by atoms with van der Waals surface area (Å²) in [4.78, 5) is 13.0. The lowest BCUT2D eigenvalue weighted by Gasteiger charge is -1.95. The van der Waals surface area contributed by atoms with E-state index in [-0.39, 0.29) is 0 Å². The molecule has 0 unspecified atom stereocenters. The summed E-state index contributed by atoms with van der Waals surface area (Å²) in [5.74, 6) is 0. The molecule has 2 heteroatoms. The molecule has 0 spiro atoms. The van der Waals surface area contributed by atoms with E-state index in [1.54, 1.807) is 6.54 Å². The summed E-state index contributed by atoms with van der Waals surface area (Å²) in [5.41, 5.74) is 0. The van der Waals surface area contributed by atoms with E-state index in [1.165, 1.54) is 31.8 Å². The fourth-order valence-electron chi connectivity index (χ4n) is 0.941. The van der Waals surface area contributed by atoms with Gasteiger partial charge in [0.25, 0.3) is 0 Å². The minimum atomic E-state index is 0.916. The summed E-state index contributed by atoms with van der Waals surface area (Å²) in [5, 5.41) is 0. The third kappa shape index (κ3) is 9.38. The van der Waals surface area contributed by atoms with Crippen molar-refractivity contribution in [3.63, 3.8) is 0 Å². The lowest BCUT2D eigenvalue weighted by atomic mass is 10.1. The zero-order valence-corrected chi connectivity index (χ0v) is 7.18. The molecule has 0 aromatic carbocycles. The minimum absolute atomic E-state index is 0.916. The molecule has 63 valence electrons. The van der Waals surface area contributed by atoms with Crippen LogP contribution in [0.1, 0.15) is 45.4 Å². The molecular weight excluding hydrogens is 138 g/mol. The number of nitrogens with zero attached hydrogens (tertiary/aromatic N) is 1. The smallest absolute Gasteiger partial charge is 0.211 e. The predicted octanol–water partition coefficient (Wildman–Crippen LogP) is 2.84. The zero-order valence-electron chi connectivity index (χ0n) is 7.18. The van der Waals surface area contributed by atoms with Crippen molar-refractivity contribution < 1.29 is 4.79 Å². The number of hydrogen-bond donors (Lipinski definition) is 0. The van der Waals surface area contributed by atoms with Crippen molar-refractivity contribution in [2.45, 2.75) is 45.4 Å². The Morgan fingerprint density at radius 2 is 2.00 bits per heavy atom. The Labute approximate surface area is 68.7 Å². The molecule has 0 aliphatic carbocycles. The SMILES string of the molecule is CCCCCCC[CH]N=C=O. The molecule has 1 radical (unpaired) electrons. The van der Waals surface area contributed by atoms with Gasteiger partial charge in [0.1, 0.15) is 0 Å². The van der Waals surface area contributed by atoms with Gasteiger partial charge < -0.3 is 0 Å². The molecule has 0 aliphatic heterocycles. The summed E-state index contributed by atoms with van der Waals surface area (Å²) < 4.78 is 0. The molecular formula is C9H16NO. The lowest BCUT2D eigenvalue weighted by Crippen LogP contribution is -1.77. The van der Waals surface area contributed by atoms with Crippen LogP contribution in [0.4, 0.5) is 0 Å². The van der Waals surface area contributed by atoms with Gasteiger partial charge in [-0.05, 0) is 6.42 Å². The molecule has 0 heterocycles. The third-order valence-electron chi connectivity index (χ3n) is 1.58. The van der Waals surface area contributed by atoms with Crippen LogP contribution in [0.2, 0.25) is 0 Å². The van der Waals surface area contributed by atoms with Gasteiger partial charge in [-0.2, -0.15) is 0 Å². The lowest BCUT2D eigenvalue weighted by molar-refractivity contribution is 0.563. The van der Waals surface area contributed by atoms with Crippen LogP contribution in [-0.2, 0) is 4.79 Å². The average Bonchev–Trinajstić information content (AvgIpc) is 2.03. The molecule has 2 nitrogen and oxygen atoms in total. The molecule has 0 saturated heterocycles. The molecule has 0 aromatic rings. The van der Waals surface area contributed by atoms with Crippen LogP contribution < -0.4 is 0 Å². The van der Waals surface area contributed by atoms with Crippen molar-refractivity contribution in [3.05, 3.63) is 6.54 Å². The van der Waals surface area contributed by atoms with Gasteiger partial charge in [-0.25, -0.2) is 9.79 Å². The maximum absolute atomic E-state index is 9.62. The van der Waals surface area contributed by atoms with Crippen molar-refractivity contribution in [1.82, 2.24) is 0 Å². The summed E-state index contributed by atoms with van der Waals surface area (Å²) >= 11 is 0. The van der Waals surface area contributed by atoms with Crippen molar-refractivity contribution in [3.8, 4) is 0 Å². The van der Waals surface area contributed by atoms with Crippen LogP contribution in [-0.4, -0.2) is 6.08 Å². The summed E-state index contributed by atoms with van der Waals surface area (Å²) in [6.45, 7) is 3.84. The standard InChI is InChI=1S/C9H16NO/c1-2-3-4-5-6-7-8-10-9-11/h8H,2-7H2,1H3. The number of hydrogen-bond acceptors (Lipinski definition) is 2. The van der Waals surface area contributed by atoms with Crippen LogP contribution in [0.25, 0.3) is 0 Å². The van der Waals surface area contributed by atoms with E-state index in [4.69, 9.17) is 0 Å². The Balaban J connectivity index is 2.84. The topological polar surface area (TPSA) is 29.4 Å².